The first-order valence-corrected chi connectivity index (χ1v) is 9.58. The number of phenolic OH excluding ortho intramolecular Hbond substituents is 1. The fourth-order valence-electron chi connectivity index (χ4n) is 3.18. The molecule has 0 saturated heterocycles. The largest absolute Gasteiger partial charge is 0.692 e. The molecule has 3 aromatic rings. The van der Waals surface area contributed by atoms with Crippen molar-refractivity contribution in [2.45, 2.75) is 65.2 Å². The Morgan fingerprint density at radius 2 is 1.67 bits per heavy atom. The van der Waals surface area contributed by atoms with Gasteiger partial charge in [-0.2, -0.15) is 0 Å². The van der Waals surface area contributed by atoms with E-state index in [1.807, 2.05) is 18.2 Å². The molecule has 0 aliphatic carbocycles. The number of hydrogen-bond acceptors (Lipinski definition) is 3. The minimum absolute atomic E-state index is 0.0820. The molecule has 0 fully saturated rings. The van der Waals surface area contributed by atoms with Gasteiger partial charge in [0.1, 0.15) is 0 Å². The van der Waals surface area contributed by atoms with Crippen LogP contribution in [-0.2, 0) is 10.8 Å². The fraction of sp³-hybridized carbons (Fsp3) is 0.455. The molecule has 2 aromatic carbocycles. The lowest BCUT2D eigenvalue weighted by molar-refractivity contribution is -0.664. The van der Waals surface area contributed by atoms with Crippen molar-refractivity contribution in [3.05, 3.63) is 52.7 Å². The summed E-state index contributed by atoms with van der Waals surface area (Å²) in [7, 11) is 0. The van der Waals surface area contributed by atoms with Gasteiger partial charge in [0, 0.05) is 5.56 Å². The van der Waals surface area contributed by atoms with Crippen LogP contribution in [0.15, 0.2) is 36.4 Å². The Bertz CT molecular complexity index is 987. The predicted molar refractivity (Wildman–Crippen MR) is 108 cm³/mol. The summed E-state index contributed by atoms with van der Waals surface area (Å²) in [5, 5.41) is 28.4. The molecule has 0 spiro atoms. The summed E-state index contributed by atoms with van der Waals surface area (Å²) in [6, 6.07) is 11.2. The van der Waals surface area contributed by atoms with Crippen LogP contribution in [0.3, 0.4) is 0 Å². The van der Waals surface area contributed by atoms with E-state index in [4.69, 9.17) is 0 Å². The maximum atomic E-state index is 12.8. The summed E-state index contributed by atoms with van der Waals surface area (Å²) < 4.78 is 0. The van der Waals surface area contributed by atoms with Crippen LogP contribution in [0, 0.1) is 5.21 Å². The molecule has 1 aromatic heterocycles. The lowest BCUT2D eigenvalue weighted by atomic mass is 9.76. The number of aromatic hydroxyl groups is 1. The number of phenols is 1. The van der Waals surface area contributed by atoms with Gasteiger partial charge in [-0.3, -0.25) is 0 Å². The van der Waals surface area contributed by atoms with Crippen molar-refractivity contribution in [1.29, 1.82) is 0 Å². The molecule has 0 atom stereocenters. The van der Waals surface area contributed by atoms with Crippen LogP contribution in [0.4, 0.5) is 0 Å². The third kappa shape index (κ3) is 3.15. The summed E-state index contributed by atoms with van der Waals surface area (Å²) in [5.41, 5.74) is 3.14. The van der Waals surface area contributed by atoms with Gasteiger partial charge in [-0.05, 0) is 52.2 Å². The third-order valence-corrected chi connectivity index (χ3v) is 6.05. The van der Waals surface area contributed by atoms with Crippen molar-refractivity contribution in [2.24, 2.45) is 0 Å². The van der Waals surface area contributed by atoms with E-state index in [1.165, 1.54) is 4.80 Å². The van der Waals surface area contributed by atoms with Crippen LogP contribution in [-0.4, -0.2) is 15.0 Å². The van der Waals surface area contributed by atoms with E-state index in [2.05, 4.69) is 52.7 Å². The zero-order valence-electron chi connectivity index (χ0n) is 17.1. The highest BCUT2D eigenvalue weighted by molar-refractivity contribution is 5.70. The van der Waals surface area contributed by atoms with Gasteiger partial charge in [0.05, 0.1) is 5.10 Å². The van der Waals surface area contributed by atoms with Gasteiger partial charge < -0.3 is 10.3 Å². The molecule has 144 valence electrons. The summed E-state index contributed by atoms with van der Waals surface area (Å²) >= 11 is 0. The Morgan fingerprint density at radius 3 is 2.26 bits per heavy atom. The van der Waals surface area contributed by atoms with Gasteiger partial charge in [-0.15, -0.1) is 4.85 Å². The number of hydrogen-bond donors (Lipinski definition) is 1. The molecule has 0 bridgehead atoms. The van der Waals surface area contributed by atoms with Crippen molar-refractivity contribution in [2.75, 3.05) is 0 Å². The maximum absolute atomic E-state index is 12.8. The predicted octanol–water partition coefficient (Wildman–Crippen LogP) is 4.74. The number of para-hydroxylation sites is 1. The van der Waals surface area contributed by atoms with Gasteiger partial charge in [-0.1, -0.05) is 59.7 Å². The molecular formula is C22H29N3O2. The normalized spacial score (nSPS) is 12.7. The van der Waals surface area contributed by atoms with Crippen LogP contribution in [0.1, 0.15) is 65.5 Å². The van der Waals surface area contributed by atoms with E-state index >= 15 is 0 Å². The standard InChI is InChI=1S/C22H29N3O2/c1-7-21(3,4)15-13-16(22(5,6)8-2)20(26)19(14-15)24-23-17-11-9-10-12-18(17)25(24)27/h9-14,26H,7-8H2,1-6H3. The van der Waals surface area contributed by atoms with E-state index in [9.17, 15) is 10.3 Å². The molecule has 5 nitrogen and oxygen atoms in total. The second-order valence-corrected chi connectivity index (χ2v) is 8.52. The minimum Gasteiger partial charge on any atom is -0.692 e. The first kappa shape index (κ1) is 19.2. The monoisotopic (exact) mass is 367 g/mol. The molecule has 0 amide bonds. The van der Waals surface area contributed by atoms with Gasteiger partial charge in [0.25, 0.3) is 0 Å². The van der Waals surface area contributed by atoms with Gasteiger partial charge >= 0.3 is 0 Å². The molecule has 0 saturated carbocycles. The van der Waals surface area contributed by atoms with Gasteiger partial charge in [0.15, 0.2) is 11.4 Å². The second-order valence-electron chi connectivity index (χ2n) is 8.52. The number of rotatable bonds is 5. The van der Waals surface area contributed by atoms with Crippen molar-refractivity contribution in [1.82, 2.24) is 9.90 Å². The molecule has 1 N–H and O–H groups in total. The maximum Gasteiger partial charge on any atom is 0.250 e. The summed E-state index contributed by atoms with van der Waals surface area (Å²) in [5.74, 6) is 0.120. The zero-order valence-corrected chi connectivity index (χ0v) is 17.1. The third-order valence-electron chi connectivity index (χ3n) is 6.05. The van der Waals surface area contributed by atoms with Gasteiger partial charge in [-0.25, -0.2) is 0 Å². The van der Waals surface area contributed by atoms with Crippen molar-refractivity contribution >= 4 is 11.0 Å². The highest BCUT2D eigenvalue weighted by Gasteiger charge is 2.31. The molecule has 5 heteroatoms. The lowest BCUT2D eigenvalue weighted by Gasteiger charge is -2.30. The minimum atomic E-state index is -0.223. The molecule has 0 aliphatic heterocycles. The fourth-order valence-corrected chi connectivity index (χ4v) is 3.18. The highest BCUT2D eigenvalue weighted by Crippen LogP contribution is 2.41. The molecule has 3 rings (SSSR count). The zero-order chi connectivity index (χ0) is 20.0. The number of fused-ring (bicyclic) bond motifs is 1. The van der Waals surface area contributed by atoms with Crippen LogP contribution in [0.5, 0.6) is 5.75 Å². The van der Waals surface area contributed by atoms with Gasteiger partial charge in [0.2, 0.25) is 11.0 Å². The molecule has 0 aliphatic rings. The van der Waals surface area contributed by atoms with Crippen LogP contribution in [0.2, 0.25) is 0 Å². The molecule has 1 heterocycles. The summed E-state index contributed by atoms with van der Waals surface area (Å²) in [4.78, 5) is 2.01. The Balaban J connectivity index is 2.35. The highest BCUT2D eigenvalue weighted by atomic mass is 16.5. The molecule has 0 unspecified atom stereocenters. The van der Waals surface area contributed by atoms with E-state index in [0.717, 1.165) is 28.8 Å². The Morgan fingerprint density at radius 1 is 1.04 bits per heavy atom. The topological polar surface area (TPSA) is 65.0 Å². The Kier molecular flexibility index (Phi) is 4.66. The van der Waals surface area contributed by atoms with Crippen molar-refractivity contribution < 1.29 is 9.95 Å². The number of aromatic nitrogens is 3. The van der Waals surface area contributed by atoms with Crippen LogP contribution < -0.4 is 4.85 Å². The van der Waals surface area contributed by atoms with E-state index in [-0.39, 0.29) is 16.6 Å². The number of benzene rings is 2. The molecule has 0 radical (unpaired) electrons. The average molecular weight is 367 g/mol. The first-order chi connectivity index (χ1) is 12.6. The Hall–Kier alpha value is -2.56. The second kappa shape index (κ2) is 6.55. The van der Waals surface area contributed by atoms with E-state index in [0.29, 0.717) is 16.7 Å². The van der Waals surface area contributed by atoms with E-state index < -0.39 is 0 Å². The van der Waals surface area contributed by atoms with Crippen LogP contribution in [0.25, 0.3) is 16.7 Å². The van der Waals surface area contributed by atoms with Crippen LogP contribution >= 0.6 is 0 Å². The van der Waals surface area contributed by atoms with Crippen molar-refractivity contribution in [3.63, 3.8) is 0 Å². The molecule has 27 heavy (non-hydrogen) atoms. The summed E-state index contributed by atoms with van der Waals surface area (Å²) in [6.07, 6.45) is 1.82. The average Bonchev–Trinajstić information content (AvgIpc) is 2.98. The Labute approximate surface area is 160 Å². The number of nitrogens with zero attached hydrogens (tertiary/aromatic N) is 3. The van der Waals surface area contributed by atoms with E-state index in [1.54, 1.807) is 12.1 Å². The van der Waals surface area contributed by atoms with Crippen molar-refractivity contribution in [3.8, 4) is 11.4 Å². The lowest BCUT2D eigenvalue weighted by Crippen LogP contribution is -2.37. The quantitative estimate of drug-likeness (QED) is 0.523. The summed E-state index contributed by atoms with van der Waals surface area (Å²) in [6.45, 7) is 12.8. The first-order valence-electron chi connectivity index (χ1n) is 9.58. The smallest absolute Gasteiger partial charge is 0.250 e. The SMILES string of the molecule is CCC(C)(C)c1cc(-n2nc3ccccc3[n+]2[O-])c(O)c(C(C)(C)CC)c1. The molecular weight excluding hydrogens is 338 g/mol.